The van der Waals surface area contributed by atoms with Crippen LogP contribution in [0.4, 0.5) is 0 Å². The van der Waals surface area contributed by atoms with Crippen molar-refractivity contribution in [2.45, 2.75) is 10.1 Å². The fraction of sp³-hybridized carbons (Fsp3) is 0.143. The number of benzene rings is 2. The summed E-state index contributed by atoms with van der Waals surface area (Å²) in [6.45, 7) is -0.0974. The van der Waals surface area contributed by atoms with Gasteiger partial charge < -0.3 is 10.1 Å². The third kappa shape index (κ3) is 4.20. The van der Waals surface area contributed by atoms with Gasteiger partial charge in [-0.25, -0.2) is 8.42 Å². The Morgan fingerprint density at radius 2 is 1.75 bits per heavy atom. The van der Waals surface area contributed by atoms with Crippen molar-refractivity contribution in [3.8, 4) is 5.75 Å². The number of amides is 1. The van der Waals surface area contributed by atoms with E-state index in [1.807, 2.05) is 0 Å². The molecular formula is C21H20N2O4S. The van der Waals surface area contributed by atoms with Crippen molar-refractivity contribution < 1.29 is 17.9 Å². The van der Waals surface area contributed by atoms with Gasteiger partial charge in [-0.1, -0.05) is 36.4 Å². The van der Waals surface area contributed by atoms with Crippen LogP contribution < -0.4 is 10.1 Å². The van der Waals surface area contributed by atoms with Gasteiger partial charge in [0.25, 0.3) is 5.91 Å². The van der Waals surface area contributed by atoms with E-state index in [0.29, 0.717) is 16.9 Å². The minimum Gasteiger partial charge on any atom is -0.496 e. The Kier molecular flexibility index (Phi) is 6.06. The van der Waals surface area contributed by atoms with E-state index in [4.69, 9.17) is 4.74 Å². The molecule has 0 bridgehead atoms. The quantitative estimate of drug-likeness (QED) is 0.663. The number of carbonyl (C=O) groups is 1. The van der Waals surface area contributed by atoms with Crippen molar-refractivity contribution in [1.29, 1.82) is 0 Å². The minimum absolute atomic E-state index is 0.0974. The molecule has 0 fully saturated rings. The lowest BCUT2D eigenvalue weighted by atomic mass is 10.1. The van der Waals surface area contributed by atoms with Crippen molar-refractivity contribution in [3.05, 3.63) is 90.3 Å². The first-order valence-corrected chi connectivity index (χ1v) is 10.2. The van der Waals surface area contributed by atoms with Gasteiger partial charge in [0.05, 0.1) is 17.6 Å². The lowest BCUT2D eigenvalue weighted by Gasteiger charge is -2.19. The summed E-state index contributed by atoms with van der Waals surface area (Å²) in [6, 6.07) is 18.3. The lowest BCUT2D eigenvalue weighted by Crippen LogP contribution is -2.32. The van der Waals surface area contributed by atoms with Crippen LogP contribution in [0.25, 0.3) is 0 Å². The van der Waals surface area contributed by atoms with Gasteiger partial charge in [-0.2, -0.15) is 0 Å². The molecule has 1 N–H and O–H groups in total. The summed E-state index contributed by atoms with van der Waals surface area (Å²) >= 11 is 0. The van der Waals surface area contributed by atoms with Gasteiger partial charge in [0.2, 0.25) is 0 Å². The first kappa shape index (κ1) is 19.6. The van der Waals surface area contributed by atoms with E-state index in [-0.39, 0.29) is 11.4 Å². The molecule has 28 heavy (non-hydrogen) atoms. The molecule has 1 amide bonds. The summed E-state index contributed by atoms with van der Waals surface area (Å²) in [7, 11) is -2.26. The van der Waals surface area contributed by atoms with E-state index >= 15 is 0 Å². The second kappa shape index (κ2) is 8.67. The summed E-state index contributed by atoms with van der Waals surface area (Å²) in [4.78, 5) is 16.8. The number of methoxy groups -OCH3 is 1. The highest BCUT2D eigenvalue weighted by molar-refractivity contribution is 7.91. The van der Waals surface area contributed by atoms with Crippen molar-refractivity contribution in [2.75, 3.05) is 13.7 Å². The summed E-state index contributed by atoms with van der Waals surface area (Å²) < 4.78 is 31.6. The molecular weight excluding hydrogens is 376 g/mol. The molecule has 0 radical (unpaired) electrons. The number of hydrogen-bond donors (Lipinski definition) is 1. The zero-order valence-electron chi connectivity index (χ0n) is 15.3. The average molecular weight is 396 g/mol. The Bertz CT molecular complexity index is 1040. The largest absolute Gasteiger partial charge is 0.496 e. The highest BCUT2D eigenvalue weighted by Crippen LogP contribution is 2.28. The molecule has 0 saturated carbocycles. The second-order valence-corrected chi connectivity index (χ2v) is 8.17. The number of para-hydroxylation sites is 1. The average Bonchev–Trinajstić information content (AvgIpc) is 2.75. The van der Waals surface area contributed by atoms with Gasteiger partial charge in [-0.15, -0.1) is 0 Å². The van der Waals surface area contributed by atoms with Gasteiger partial charge in [-0.3, -0.25) is 9.78 Å². The molecule has 3 aromatic rings. The highest BCUT2D eigenvalue weighted by atomic mass is 32.2. The Morgan fingerprint density at radius 1 is 1.04 bits per heavy atom. The normalized spacial score (nSPS) is 12.2. The van der Waals surface area contributed by atoms with Crippen molar-refractivity contribution in [1.82, 2.24) is 10.3 Å². The first-order chi connectivity index (χ1) is 13.5. The summed E-state index contributed by atoms with van der Waals surface area (Å²) in [6.07, 6.45) is 3.07. The topological polar surface area (TPSA) is 85.4 Å². The van der Waals surface area contributed by atoms with Gasteiger partial charge >= 0.3 is 0 Å². The van der Waals surface area contributed by atoms with Gasteiger partial charge in [0.1, 0.15) is 11.0 Å². The van der Waals surface area contributed by atoms with Crippen LogP contribution in [-0.4, -0.2) is 33.0 Å². The van der Waals surface area contributed by atoms with Gasteiger partial charge in [-0.05, 0) is 35.9 Å². The molecule has 1 heterocycles. The number of sulfone groups is 1. The lowest BCUT2D eigenvalue weighted by molar-refractivity contribution is 0.0950. The maximum absolute atomic E-state index is 13.2. The van der Waals surface area contributed by atoms with Crippen molar-refractivity contribution >= 4 is 15.7 Å². The van der Waals surface area contributed by atoms with E-state index in [9.17, 15) is 13.2 Å². The number of aromatic nitrogens is 1. The van der Waals surface area contributed by atoms with Crippen LogP contribution in [0.1, 0.15) is 21.2 Å². The minimum atomic E-state index is -3.73. The molecule has 0 saturated heterocycles. The zero-order chi connectivity index (χ0) is 20.0. The molecule has 3 rings (SSSR count). The number of ether oxygens (including phenoxy) is 1. The van der Waals surface area contributed by atoms with Gasteiger partial charge in [0, 0.05) is 18.9 Å². The van der Waals surface area contributed by atoms with E-state index in [0.717, 1.165) is 0 Å². The maximum atomic E-state index is 13.2. The van der Waals surface area contributed by atoms with E-state index in [2.05, 4.69) is 10.3 Å². The maximum Gasteiger partial charge on any atom is 0.255 e. The predicted molar refractivity (Wildman–Crippen MR) is 106 cm³/mol. The van der Waals surface area contributed by atoms with Crippen LogP contribution in [0.15, 0.2) is 84.0 Å². The summed E-state index contributed by atoms with van der Waals surface area (Å²) in [5, 5.41) is 1.75. The van der Waals surface area contributed by atoms with Crippen LogP contribution in [0.2, 0.25) is 0 Å². The molecule has 2 aromatic carbocycles. The van der Waals surface area contributed by atoms with Crippen LogP contribution in [0.3, 0.4) is 0 Å². The van der Waals surface area contributed by atoms with Crippen molar-refractivity contribution in [3.63, 3.8) is 0 Å². The number of nitrogens with one attached hydrogen (secondary N) is 1. The molecule has 0 unspecified atom stereocenters. The Balaban J connectivity index is 1.90. The Labute approximate surface area is 164 Å². The number of rotatable bonds is 7. The molecule has 0 spiro atoms. The van der Waals surface area contributed by atoms with E-state index < -0.39 is 21.0 Å². The third-order valence-electron chi connectivity index (χ3n) is 4.30. The van der Waals surface area contributed by atoms with E-state index in [1.165, 1.54) is 13.3 Å². The highest BCUT2D eigenvalue weighted by Gasteiger charge is 2.30. The van der Waals surface area contributed by atoms with Crippen LogP contribution >= 0.6 is 0 Å². The fourth-order valence-electron chi connectivity index (χ4n) is 2.86. The molecule has 0 aliphatic carbocycles. The monoisotopic (exact) mass is 396 g/mol. The molecule has 0 aliphatic rings. The van der Waals surface area contributed by atoms with E-state index in [1.54, 1.807) is 72.9 Å². The second-order valence-electron chi connectivity index (χ2n) is 6.04. The van der Waals surface area contributed by atoms with Crippen LogP contribution in [-0.2, 0) is 9.84 Å². The molecule has 0 aliphatic heterocycles. The number of carbonyl (C=O) groups excluding carboxylic acids is 1. The summed E-state index contributed by atoms with van der Waals surface area (Å²) in [5.41, 5.74) is 0.846. The Hall–Kier alpha value is -3.19. The standard InChI is InChI=1S/C21H20N2O4S/c1-27-19-12-6-5-11-18(19)21(24)23-15-20(16-8-7-13-22-14-16)28(25,26)17-9-3-2-4-10-17/h2-14,20H,15H2,1H3,(H,23,24)/t20-/m0/s1. The smallest absolute Gasteiger partial charge is 0.255 e. The molecule has 7 heteroatoms. The fourth-order valence-corrected chi connectivity index (χ4v) is 4.53. The molecule has 1 atom stereocenters. The zero-order valence-corrected chi connectivity index (χ0v) is 16.1. The van der Waals surface area contributed by atoms with Crippen molar-refractivity contribution in [2.24, 2.45) is 0 Å². The third-order valence-corrected chi connectivity index (χ3v) is 6.42. The number of hydrogen-bond acceptors (Lipinski definition) is 5. The summed E-state index contributed by atoms with van der Waals surface area (Å²) in [5.74, 6) is 0.0125. The SMILES string of the molecule is COc1ccccc1C(=O)NC[C@@H](c1cccnc1)S(=O)(=O)c1ccccc1. The predicted octanol–water partition coefficient (Wildman–Crippen LogP) is 3.04. The molecule has 6 nitrogen and oxygen atoms in total. The Morgan fingerprint density at radius 3 is 2.43 bits per heavy atom. The van der Waals surface area contributed by atoms with Gasteiger partial charge in [0.15, 0.2) is 9.84 Å². The number of nitrogens with zero attached hydrogens (tertiary/aromatic N) is 1. The number of pyridine rings is 1. The van der Waals surface area contributed by atoms with Crippen LogP contribution in [0.5, 0.6) is 5.75 Å². The first-order valence-electron chi connectivity index (χ1n) is 8.64. The molecule has 144 valence electrons. The molecule has 1 aromatic heterocycles. The van der Waals surface area contributed by atoms with Crippen LogP contribution in [0, 0.1) is 0 Å².